The normalized spacial score (nSPS) is 10.1. The molecule has 0 saturated heterocycles. The Morgan fingerprint density at radius 2 is 1.50 bits per heavy atom. The standard InChI is InChI=1S/C19H23NO4/c1-3-23-17-8-10-18(11-9-17)24-14-19(21)20-13-12-15-4-6-16(22-2)7-5-15/h4-11H,3,12-14H2,1-2H3,(H,20,21). The summed E-state index contributed by atoms with van der Waals surface area (Å²) in [5, 5.41) is 2.84. The SMILES string of the molecule is CCOc1ccc(OCC(=O)NCCc2ccc(OC)cc2)cc1. The van der Waals surface area contributed by atoms with E-state index in [1.165, 1.54) is 0 Å². The van der Waals surface area contributed by atoms with E-state index in [2.05, 4.69) is 5.32 Å². The maximum absolute atomic E-state index is 11.8. The number of benzene rings is 2. The third-order valence-electron chi connectivity index (χ3n) is 3.40. The first kappa shape index (κ1) is 17.7. The second-order valence-electron chi connectivity index (χ2n) is 5.14. The van der Waals surface area contributed by atoms with Crippen LogP contribution in [0.25, 0.3) is 0 Å². The molecule has 5 nitrogen and oxygen atoms in total. The van der Waals surface area contributed by atoms with E-state index >= 15 is 0 Å². The fourth-order valence-corrected chi connectivity index (χ4v) is 2.14. The molecule has 0 heterocycles. The van der Waals surface area contributed by atoms with Crippen molar-refractivity contribution in [2.75, 3.05) is 26.9 Å². The summed E-state index contributed by atoms with van der Waals surface area (Å²) >= 11 is 0. The van der Waals surface area contributed by atoms with Gasteiger partial charge in [0, 0.05) is 6.54 Å². The molecule has 0 radical (unpaired) electrons. The van der Waals surface area contributed by atoms with Crippen LogP contribution in [-0.2, 0) is 11.2 Å². The first-order chi connectivity index (χ1) is 11.7. The van der Waals surface area contributed by atoms with Gasteiger partial charge in [0.15, 0.2) is 6.61 Å². The predicted octanol–water partition coefficient (Wildman–Crippen LogP) is 2.83. The fourth-order valence-electron chi connectivity index (χ4n) is 2.14. The van der Waals surface area contributed by atoms with Crippen molar-refractivity contribution in [3.05, 3.63) is 54.1 Å². The van der Waals surface area contributed by atoms with Crippen LogP contribution >= 0.6 is 0 Å². The molecule has 1 N–H and O–H groups in total. The highest BCUT2D eigenvalue weighted by Crippen LogP contribution is 2.17. The number of carbonyl (C=O) groups is 1. The van der Waals surface area contributed by atoms with Gasteiger partial charge in [-0.25, -0.2) is 0 Å². The van der Waals surface area contributed by atoms with Gasteiger partial charge in [-0.05, 0) is 55.3 Å². The molecule has 0 fully saturated rings. The zero-order valence-corrected chi connectivity index (χ0v) is 14.1. The third-order valence-corrected chi connectivity index (χ3v) is 3.40. The van der Waals surface area contributed by atoms with Gasteiger partial charge in [-0.3, -0.25) is 4.79 Å². The second kappa shape index (κ2) is 9.45. The Labute approximate surface area is 142 Å². The van der Waals surface area contributed by atoms with Crippen molar-refractivity contribution in [1.29, 1.82) is 0 Å². The minimum Gasteiger partial charge on any atom is -0.497 e. The van der Waals surface area contributed by atoms with Crippen molar-refractivity contribution in [2.24, 2.45) is 0 Å². The van der Waals surface area contributed by atoms with Crippen molar-refractivity contribution in [1.82, 2.24) is 5.32 Å². The number of ether oxygens (including phenoxy) is 3. The summed E-state index contributed by atoms with van der Waals surface area (Å²) < 4.78 is 15.9. The van der Waals surface area contributed by atoms with Gasteiger partial charge >= 0.3 is 0 Å². The molecule has 0 saturated carbocycles. The van der Waals surface area contributed by atoms with Crippen LogP contribution in [0.15, 0.2) is 48.5 Å². The van der Waals surface area contributed by atoms with E-state index in [-0.39, 0.29) is 12.5 Å². The van der Waals surface area contributed by atoms with Crippen molar-refractivity contribution < 1.29 is 19.0 Å². The molecule has 0 unspecified atom stereocenters. The molecule has 2 aromatic rings. The van der Waals surface area contributed by atoms with Crippen LogP contribution in [0.2, 0.25) is 0 Å². The summed E-state index contributed by atoms with van der Waals surface area (Å²) in [5.74, 6) is 2.11. The molecule has 5 heteroatoms. The summed E-state index contributed by atoms with van der Waals surface area (Å²) in [4.78, 5) is 11.8. The fraction of sp³-hybridized carbons (Fsp3) is 0.316. The topological polar surface area (TPSA) is 56.8 Å². The molecule has 2 rings (SSSR count). The molecule has 0 aliphatic heterocycles. The maximum atomic E-state index is 11.8. The van der Waals surface area contributed by atoms with E-state index < -0.39 is 0 Å². The van der Waals surface area contributed by atoms with E-state index in [9.17, 15) is 4.79 Å². The molecule has 128 valence electrons. The van der Waals surface area contributed by atoms with Gasteiger partial charge in [-0.15, -0.1) is 0 Å². The van der Waals surface area contributed by atoms with Crippen molar-refractivity contribution in [3.63, 3.8) is 0 Å². The summed E-state index contributed by atoms with van der Waals surface area (Å²) in [6.45, 7) is 3.12. The van der Waals surface area contributed by atoms with Crippen molar-refractivity contribution in [2.45, 2.75) is 13.3 Å². The first-order valence-corrected chi connectivity index (χ1v) is 7.96. The van der Waals surface area contributed by atoms with E-state index in [0.717, 1.165) is 23.5 Å². The van der Waals surface area contributed by atoms with Gasteiger partial charge in [0.2, 0.25) is 0 Å². The summed E-state index contributed by atoms with van der Waals surface area (Å²) in [7, 11) is 1.64. The molecule has 0 aliphatic rings. The van der Waals surface area contributed by atoms with Crippen LogP contribution in [0.3, 0.4) is 0 Å². The van der Waals surface area contributed by atoms with Crippen LogP contribution < -0.4 is 19.5 Å². The number of amides is 1. The highest BCUT2D eigenvalue weighted by Gasteiger charge is 2.03. The van der Waals surface area contributed by atoms with Crippen LogP contribution in [0.1, 0.15) is 12.5 Å². The highest BCUT2D eigenvalue weighted by molar-refractivity contribution is 5.77. The lowest BCUT2D eigenvalue weighted by Gasteiger charge is -2.09. The zero-order valence-electron chi connectivity index (χ0n) is 14.1. The van der Waals surface area contributed by atoms with E-state index in [0.29, 0.717) is 18.9 Å². The largest absolute Gasteiger partial charge is 0.497 e. The summed E-state index contributed by atoms with van der Waals surface area (Å²) in [6, 6.07) is 15.0. The van der Waals surface area contributed by atoms with E-state index in [1.807, 2.05) is 43.3 Å². The quantitative estimate of drug-likeness (QED) is 0.768. The molecular weight excluding hydrogens is 306 g/mol. The number of hydrogen-bond donors (Lipinski definition) is 1. The average molecular weight is 329 g/mol. The number of rotatable bonds is 9. The Morgan fingerprint density at radius 3 is 2.08 bits per heavy atom. The Kier molecular flexibility index (Phi) is 6.95. The third kappa shape index (κ3) is 5.83. The molecule has 24 heavy (non-hydrogen) atoms. The number of methoxy groups -OCH3 is 1. The number of carbonyl (C=O) groups excluding carboxylic acids is 1. The lowest BCUT2D eigenvalue weighted by Crippen LogP contribution is -2.30. The minimum atomic E-state index is -0.141. The Morgan fingerprint density at radius 1 is 0.917 bits per heavy atom. The van der Waals surface area contributed by atoms with Gasteiger partial charge in [-0.1, -0.05) is 12.1 Å². The molecule has 1 amide bonds. The number of hydrogen-bond acceptors (Lipinski definition) is 4. The van der Waals surface area contributed by atoms with Crippen LogP contribution in [0.4, 0.5) is 0 Å². The molecule has 0 atom stereocenters. The summed E-state index contributed by atoms with van der Waals surface area (Å²) in [6.07, 6.45) is 0.763. The summed E-state index contributed by atoms with van der Waals surface area (Å²) in [5.41, 5.74) is 1.14. The van der Waals surface area contributed by atoms with Gasteiger partial charge in [0.25, 0.3) is 5.91 Å². The minimum absolute atomic E-state index is 0.00338. The van der Waals surface area contributed by atoms with Gasteiger partial charge in [-0.2, -0.15) is 0 Å². The molecule has 0 aliphatic carbocycles. The van der Waals surface area contributed by atoms with E-state index in [4.69, 9.17) is 14.2 Å². The molecular formula is C19H23NO4. The Balaban J connectivity index is 1.67. The van der Waals surface area contributed by atoms with Gasteiger partial charge in [0.05, 0.1) is 13.7 Å². The molecule has 0 aromatic heterocycles. The van der Waals surface area contributed by atoms with E-state index in [1.54, 1.807) is 19.2 Å². The molecule has 0 spiro atoms. The van der Waals surface area contributed by atoms with Crippen LogP contribution in [-0.4, -0.2) is 32.8 Å². The lowest BCUT2D eigenvalue weighted by atomic mass is 10.1. The maximum Gasteiger partial charge on any atom is 0.257 e. The van der Waals surface area contributed by atoms with Crippen LogP contribution in [0, 0.1) is 0 Å². The Bertz CT molecular complexity index is 623. The van der Waals surface area contributed by atoms with Gasteiger partial charge < -0.3 is 19.5 Å². The Hall–Kier alpha value is -2.69. The van der Waals surface area contributed by atoms with Crippen LogP contribution in [0.5, 0.6) is 17.2 Å². The van der Waals surface area contributed by atoms with Crippen molar-refractivity contribution in [3.8, 4) is 17.2 Å². The van der Waals surface area contributed by atoms with Crippen molar-refractivity contribution >= 4 is 5.91 Å². The number of nitrogens with one attached hydrogen (secondary N) is 1. The first-order valence-electron chi connectivity index (χ1n) is 7.96. The molecule has 2 aromatic carbocycles. The second-order valence-corrected chi connectivity index (χ2v) is 5.14. The highest BCUT2D eigenvalue weighted by atomic mass is 16.5. The predicted molar refractivity (Wildman–Crippen MR) is 92.8 cm³/mol. The van der Waals surface area contributed by atoms with Gasteiger partial charge in [0.1, 0.15) is 17.2 Å². The monoisotopic (exact) mass is 329 g/mol. The zero-order chi connectivity index (χ0) is 17.2. The molecule has 0 bridgehead atoms. The lowest BCUT2D eigenvalue weighted by molar-refractivity contribution is -0.123. The average Bonchev–Trinajstić information content (AvgIpc) is 2.62. The smallest absolute Gasteiger partial charge is 0.257 e.